The van der Waals surface area contributed by atoms with E-state index in [0.29, 0.717) is 28.3 Å². The predicted octanol–water partition coefficient (Wildman–Crippen LogP) is 4.36. The number of carbonyl (C=O) groups is 2. The number of hydrogen-bond acceptors (Lipinski definition) is 5. The van der Waals surface area contributed by atoms with Crippen molar-refractivity contribution in [3.63, 3.8) is 0 Å². The van der Waals surface area contributed by atoms with Crippen LogP contribution in [-0.2, 0) is 22.2 Å². The third-order valence-electron chi connectivity index (χ3n) is 5.44. The summed E-state index contributed by atoms with van der Waals surface area (Å²) in [4.78, 5) is 27.8. The Morgan fingerprint density at radius 3 is 2.44 bits per heavy atom. The number of aromatic nitrogens is 1. The van der Waals surface area contributed by atoms with Crippen molar-refractivity contribution < 1.29 is 41.0 Å². The fourth-order valence-corrected chi connectivity index (χ4v) is 4.60. The van der Waals surface area contributed by atoms with Crippen molar-refractivity contribution in [1.82, 2.24) is 15.2 Å². The molecule has 34 heavy (non-hydrogen) atoms. The molecule has 2 saturated heterocycles. The van der Waals surface area contributed by atoms with E-state index in [1.165, 1.54) is 23.8 Å². The first kappa shape index (κ1) is 25.9. The van der Waals surface area contributed by atoms with Crippen LogP contribution in [0.3, 0.4) is 0 Å². The predicted molar refractivity (Wildman–Crippen MR) is 111 cm³/mol. The minimum absolute atomic E-state index is 0.0326. The van der Waals surface area contributed by atoms with E-state index in [-0.39, 0.29) is 12.3 Å². The highest BCUT2D eigenvalue weighted by Gasteiger charge is 2.38. The van der Waals surface area contributed by atoms with Crippen LogP contribution in [0.25, 0.3) is 10.6 Å². The van der Waals surface area contributed by atoms with Crippen LogP contribution in [0.2, 0.25) is 0 Å². The molecule has 2 unspecified atom stereocenters. The molecule has 13 heteroatoms. The highest BCUT2D eigenvalue weighted by atomic mass is 32.1. The summed E-state index contributed by atoms with van der Waals surface area (Å²) in [7, 11) is 0. The summed E-state index contributed by atoms with van der Waals surface area (Å²) < 4.78 is 70.4. The Labute approximate surface area is 194 Å². The summed E-state index contributed by atoms with van der Waals surface area (Å²) in [6.45, 7) is 1.47. The number of alkyl halides is 6. The summed E-state index contributed by atoms with van der Waals surface area (Å²) in [6.07, 6.45) is -6.03. The molecule has 2 aliphatic heterocycles. The molecule has 0 radical (unpaired) electrons. The van der Waals surface area contributed by atoms with Gasteiger partial charge < -0.3 is 15.3 Å². The molecule has 2 aromatic rings. The monoisotopic (exact) mass is 509 g/mol. The topological polar surface area (TPSA) is 82.5 Å². The van der Waals surface area contributed by atoms with Gasteiger partial charge in [0.15, 0.2) is 0 Å². The van der Waals surface area contributed by atoms with E-state index in [2.05, 4.69) is 10.3 Å². The lowest BCUT2D eigenvalue weighted by atomic mass is 10.1. The van der Waals surface area contributed by atoms with E-state index in [9.17, 15) is 31.1 Å². The summed E-state index contributed by atoms with van der Waals surface area (Å²) in [5.41, 5.74) is 0.338. The zero-order chi connectivity index (χ0) is 25.1. The number of halogens is 6. The number of rotatable bonds is 3. The Balaban J connectivity index is 0.000000406. The van der Waals surface area contributed by atoms with E-state index in [1.54, 1.807) is 11.4 Å². The highest BCUT2D eigenvalue weighted by molar-refractivity contribution is 7.13. The van der Waals surface area contributed by atoms with Crippen LogP contribution < -0.4 is 5.32 Å². The molecule has 4 rings (SSSR count). The minimum Gasteiger partial charge on any atom is -0.475 e. The number of carboxylic acid groups (broad SMARTS) is 1. The summed E-state index contributed by atoms with van der Waals surface area (Å²) in [6, 6.07) is 6.02. The van der Waals surface area contributed by atoms with Crippen molar-refractivity contribution in [3.05, 3.63) is 40.9 Å². The standard InChI is InChI=1S/C19H20F3N3OS.C2HF3O2/c20-19(21,22)13-3-1-2-12(8-13)18-24-16(11-27-18)9-17(26)25-7-6-14-4-5-15(10-25)23-14;3-2(4,5)1(6)7/h1-3,8,11,14-15,23H,4-7,9-10H2;(H,6,7). The number of hydrogen-bond donors (Lipinski definition) is 2. The molecule has 1 amide bonds. The molecule has 186 valence electrons. The largest absolute Gasteiger partial charge is 0.490 e. The lowest BCUT2D eigenvalue weighted by Crippen LogP contribution is -2.39. The maximum atomic E-state index is 12.9. The first-order chi connectivity index (χ1) is 15.8. The molecular weight excluding hydrogens is 488 g/mol. The van der Waals surface area contributed by atoms with Crippen molar-refractivity contribution in [1.29, 1.82) is 0 Å². The van der Waals surface area contributed by atoms with Crippen molar-refractivity contribution in [2.75, 3.05) is 13.1 Å². The summed E-state index contributed by atoms with van der Waals surface area (Å²) in [5, 5.41) is 12.9. The smallest absolute Gasteiger partial charge is 0.475 e. The van der Waals surface area contributed by atoms with E-state index >= 15 is 0 Å². The van der Waals surface area contributed by atoms with Gasteiger partial charge >= 0.3 is 18.3 Å². The number of carboxylic acids is 1. The van der Waals surface area contributed by atoms with Crippen LogP contribution in [0, 0.1) is 0 Å². The number of aliphatic carboxylic acids is 1. The van der Waals surface area contributed by atoms with Gasteiger partial charge in [0.2, 0.25) is 5.91 Å². The molecule has 2 N–H and O–H groups in total. The maximum absolute atomic E-state index is 12.9. The van der Waals surface area contributed by atoms with Gasteiger partial charge in [-0.2, -0.15) is 26.3 Å². The normalized spacial score (nSPS) is 20.4. The number of amides is 1. The molecule has 0 saturated carbocycles. The zero-order valence-corrected chi connectivity index (χ0v) is 18.4. The number of thiazole rings is 1. The van der Waals surface area contributed by atoms with Gasteiger partial charge in [0.1, 0.15) is 5.01 Å². The van der Waals surface area contributed by atoms with Crippen molar-refractivity contribution in [3.8, 4) is 10.6 Å². The molecule has 6 nitrogen and oxygen atoms in total. The van der Waals surface area contributed by atoms with Crippen LogP contribution >= 0.6 is 11.3 Å². The number of fused-ring (bicyclic) bond motifs is 2. The molecule has 2 atom stereocenters. The van der Waals surface area contributed by atoms with Gasteiger partial charge in [-0.15, -0.1) is 11.3 Å². The third-order valence-corrected chi connectivity index (χ3v) is 6.38. The van der Waals surface area contributed by atoms with Gasteiger partial charge in [0.05, 0.1) is 17.7 Å². The molecule has 1 aromatic heterocycles. The molecule has 1 aromatic carbocycles. The van der Waals surface area contributed by atoms with Gasteiger partial charge in [-0.25, -0.2) is 9.78 Å². The fourth-order valence-electron chi connectivity index (χ4n) is 3.79. The first-order valence-corrected chi connectivity index (χ1v) is 11.2. The molecule has 2 aliphatic rings. The number of benzene rings is 1. The highest BCUT2D eigenvalue weighted by Crippen LogP contribution is 2.33. The number of carbonyl (C=O) groups excluding carboxylic acids is 1. The second-order valence-corrected chi connectivity index (χ2v) is 8.83. The molecule has 2 bridgehead atoms. The third kappa shape index (κ3) is 6.92. The number of nitrogens with zero attached hydrogens (tertiary/aromatic N) is 2. The lowest BCUT2D eigenvalue weighted by Gasteiger charge is -2.24. The van der Waals surface area contributed by atoms with E-state index in [0.717, 1.165) is 38.1 Å². The van der Waals surface area contributed by atoms with Crippen molar-refractivity contribution >= 4 is 23.2 Å². The Morgan fingerprint density at radius 2 is 1.79 bits per heavy atom. The van der Waals surface area contributed by atoms with Gasteiger partial charge in [0.25, 0.3) is 0 Å². The van der Waals surface area contributed by atoms with Gasteiger partial charge in [0, 0.05) is 36.1 Å². The van der Waals surface area contributed by atoms with Crippen LogP contribution in [0.4, 0.5) is 26.3 Å². The van der Waals surface area contributed by atoms with Crippen LogP contribution in [0.15, 0.2) is 29.6 Å². The molecule has 0 aliphatic carbocycles. The number of likely N-dealkylation sites (tertiary alicyclic amines) is 1. The average Bonchev–Trinajstić information content (AvgIpc) is 3.33. The van der Waals surface area contributed by atoms with Crippen LogP contribution in [0.1, 0.15) is 30.5 Å². The molecule has 2 fully saturated rings. The summed E-state index contributed by atoms with van der Waals surface area (Å²) in [5.74, 6) is -2.72. The van der Waals surface area contributed by atoms with Crippen LogP contribution in [0.5, 0.6) is 0 Å². The Morgan fingerprint density at radius 1 is 1.12 bits per heavy atom. The fraction of sp³-hybridized carbons (Fsp3) is 0.476. The minimum atomic E-state index is -5.08. The Kier molecular flexibility index (Phi) is 7.86. The van der Waals surface area contributed by atoms with Crippen LogP contribution in [-0.4, -0.2) is 58.2 Å². The Hall–Kier alpha value is -2.67. The van der Waals surface area contributed by atoms with Crippen molar-refractivity contribution in [2.24, 2.45) is 0 Å². The van der Waals surface area contributed by atoms with E-state index < -0.39 is 23.9 Å². The second-order valence-electron chi connectivity index (χ2n) is 7.97. The van der Waals surface area contributed by atoms with E-state index in [1.807, 2.05) is 4.90 Å². The zero-order valence-electron chi connectivity index (χ0n) is 17.6. The lowest BCUT2D eigenvalue weighted by molar-refractivity contribution is -0.192. The van der Waals surface area contributed by atoms with Gasteiger partial charge in [-0.1, -0.05) is 12.1 Å². The van der Waals surface area contributed by atoms with Gasteiger partial charge in [-0.3, -0.25) is 4.79 Å². The first-order valence-electron chi connectivity index (χ1n) is 10.3. The van der Waals surface area contributed by atoms with Gasteiger partial charge in [-0.05, 0) is 31.4 Å². The van der Waals surface area contributed by atoms with E-state index in [4.69, 9.17) is 9.90 Å². The summed E-state index contributed by atoms with van der Waals surface area (Å²) >= 11 is 1.27. The quantitative estimate of drug-likeness (QED) is 0.601. The molecule has 3 heterocycles. The second kappa shape index (κ2) is 10.3. The Bertz CT molecular complexity index is 1020. The average molecular weight is 509 g/mol. The number of nitrogens with one attached hydrogen (secondary N) is 1. The maximum Gasteiger partial charge on any atom is 0.490 e. The van der Waals surface area contributed by atoms with Crippen molar-refractivity contribution in [2.45, 2.75) is 50.1 Å². The molecule has 0 spiro atoms. The SMILES string of the molecule is O=C(Cc1csc(-c2cccc(C(F)(F)F)c2)n1)N1CCC2CCC(C1)N2.O=C(O)C(F)(F)F. The molecular formula is C21H21F6N3O3S.